The van der Waals surface area contributed by atoms with Crippen molar-refractivity contribution in [3.63, 3.8) is 0 Å². The van der Waals surface area contributed by atoms with E-state index in [1.54, 1.807) is 37.3 Å². The standard InChI is InChI=1S/C19H17N3O4/c1-10-17-15(9-16(12-6-7-12)21-18(17)26-22-10)19(24)25-14-5-3-4-13(8-14)20-11(2)23/h3-5,8-9,12H,6-7H2,1-2H3,(H,20,23). The van der Waals surface area contributed by atoms with Crippen LogP contribution in [0.25, 0.3) is 11.1 Å². The zero-order valence-electron chi connectivity index (χ0n) is 14.4. The molecule has 1 aromatic carbocycles. The van der Waals surface area contributed by atoms with Crippen LogP contribution in [-0.4, -0.2) is 22.0 Å². The third kappa shape index (κ3) is 3.15. The molecule has 132 valence electrons. The lowest BCUT2D eigenvalue weighted by Gasteiger charge is -2.08. The maximum absolute atomic E-state index is 12.8. The highest BCUT2D eigenvalue weighted by atomic mass is 16.5. The smallest absolute Gasteiger partial charge is 0.344 e. The predicted octanol–water partition coefficient (Wildman–Crippen LogP) is 3.59. The number of fused-ring (bicyclic) bond motifs is 1. The Labute approximate surface area is 149 Å². The van der Waals surface area contributed by atoms with Gasteiger partial charge in [-0.2, -0.15) is 0 Å². The van der Waals surface area contributed by atoms with Gasteiger partial charge in [-0.05, 0) is 38.0 Å². The van der Waals surface area contributed by atoms with Crippen molar-refractivity contribution in [3.05, 3.63) is 47.3 Å². The minimum absolute atomic E-state index is 0.196. The molecule has 1 amide bonds. The van der Waals surface area contributed by atoms with Gasteiger partial charge in [0.05, 0.1) is 16.6 Å². The summed E-state index contributed by atoms with van der Waals surface area (Å²) in [5.41, 5.74) is 2.72. The Morgan fingerprint density at radius 2 is 2.08 bits per heavy atom. The molecule has 0 bridgehead atoms. The molecule has 1 aliphatic carbocycles. The maximum Gasteiger partial charge on any atom is 0.344 e. The van der Waals surface area contributed by atoms with Gasteiger partial charge in [-0.25, -0.2) is 9.78 Å². The molecule has 0 unspecified atom stereocenters. The topological polar surface area (TPSA) is 94.3 Å². The van der Waals surface area contributed by atoms with E-state index in [9.17, 15) is 9.59 Å². The Morgan fingerprint density at radius 1 is 1.27 bits per heavy atom. The molecule has 0 saturated heterocycles. The quantitative estimate of drug-likeness (QED) is 0.570. The highest BCUT2D eigenvalue weighted by Crippen LogP contribution is 2.40. The van der Waals surface area contributed by atoms with Gasteiger partial charge >= 0.3 is 5.97 Å². The summed E-state index contributed by atoms with van der Waals surface area (Å²) in [6, 6.07) is 8.45. The van der Waals surface area contributed by atoms with Crippen molar-refractivity contribution in [1.29, 1.82) is 0 Å². The number of aromatic nitrogens is 2. The van der Waals surface area contributed by atoms with E-state index in [1.807, 2.05) is 0 Å². The first kappa shape index (κ1) is 16.3. The van der Waals surface area contributed by atoms with E-state index < -0.39 is 5.97 Å². The van der Waals surface area contributed by atoms with Crippen LogP contribution in [0.5, 0.6) is 5.75 Å². The van der Waals surface area contributed by atoms with Gasteiger partial charge in [0.2, 0.25) is 5.91 Å². The maximum atomic E-state index is 12.8. The number of ether oxygens (including phenoxy) is 1. The summed E-state index contributed by atoms with van der Waals surface area (Å²) >= 11 is 0. The second-order valence-electron chi connectivity index (χ2n) is 6.42. The van der Waals surface area contributed by atoms with Crippen LogP contribution in [0, 0.1) is 6.92 Å². The number of amides is 1. The number of pyridine rings is 1. The van der Waals surface area contributed by atoms with E-state index >= 15 is 0 Å². The van der Waals surface area contributed by atoms with Crippen LogP contribution in [-0.2, 0) is 4.79 Å². The van der Waals surface area contributed by atoms with Crippen LogP contribution in [0.1, 0.15) is 47.4 Å². The number of nitrogens with zero attached hydrogens (tertiary/aromatic N) is 2. The molecule has 1 saturated carbocycles. The number of carbonyl (C=O) groups is 2. The molecule has 1 fully saturated rings. The van der Waals surface area contributed by atoms with Gasteiger partial charge in [0.25, 0.3) is 5.71 Å². The van der Waals surface area contributed by atoms with Crippen molar-refractivity contribution >= 4 is 28.7 Å². The van der Waals surface area contributed by atoms with Crippen molar-refractivity contribution in [2.75, 3.05) is 5.32 Å². The lowest BCUT2D eigenvalue weighted by molar-refractivity contribution is -0.114. The molecule has 7 nitrogen and oxygen atoms in total. The summed E-state index contributed by atoms with van der Waals surface area (Å²) in [7, 11) is 0. The first-order valence-electron chi connectivity index (χ1n) is 8.38. The number of carbonyl (C=O) groups excluding carboxylic acids is 2. The third-order valence-corrected chi connectivity index (χ3v) is 4.22. The average Bonchev–Trinajstić information content (AvgIpc) is 3.38. The number of aryl methyl sites for hydroxylation is 1. The highest BCUT2D eigenvalue weighted by molar-refractivity contribution is 6.04. The van der Waals surface area contributed by atoms with Gasteiger partial charge in [0, 0.05) is 30.3 Å². The molecular formula is C19H17N3O4. The van der Waals surface area contributed by atoms with E-state index in [-0.39, 0.29) is 5.91 Å². The predicted molar refractivity (Wildman–Crippen MR) is 94.2 cm³/mol. The fraction of sp³-hybridized carbons (Fsp3) is 0.263. The fourth-order valence-corrected chi connectivity index (χ4v) is 2.87. The van der Waals surface area contributed by atoms with Crippen molar-refractivity contribution in [2.24, 2.45) is 0 Å². The number of rotatable bonds is 4. The minimum Gasteiger partial charge on any atom is -0.423 e. The van der Waals surface area contributed by atoms with Gasteiger partial charge in [-0.3, -0.25) is 4.79 Å². The molecule has 2 aromatic heterocycles. The van der Waals surface area contributed by atoms with Crippen LogP contribution in [0.3, 0.4) is 0 Å². The van der Waals surface area contributed by atoms with Crippen molar-refractivity contribution in [3.8, 4) is 5.75 Å². The summed E-state index contributed by atoms with van der Waals surface area (Å²) in [4.78, 5) is 28.5. The summed E-state index contributed by atoms with van der Waals surface area (Å²) < 4.78 is 10.8. The molecule has 3 aromatic rings. The van der Waals surface area contributed by atoms with Crippen LogP contribution < -0.4 is 10.1 Å². The van der Waals surface area contributed by atoms with E-state index in [4.69, 9.17) is 9.26 Å². The van der Waals surface area contributed by atoms with E-state index in [1.165, 1.54) is 6.92 Å². The zero-order chi connectivity index (χ0) is 18.3. The van der Waals surface area contributed by atoms with Crippen LogP contribution >= 0.6 is 0 Å². The monoisotopic (exact) mass is 351 g/mol. The molecule has 26 heavy (non-hydrogen) atoms. The highest BCUT2D eigenvalue weighted by Gasteiger charge is 2.29. The van der Waals surface area contributed by atoms with Gasteiger partial charge in [-0.1, -0.05) is 11.2 Å². The number of hydrogen-bond acceptors (Lipinski definition) is 6. The normalized spacial score (nSPS) is 13.6. The second-order valence-corrected chi connectivity index (χ2v) is 6.42. The van der Waals surface area contributed by atoms with E-state index in [0.29, 0.717) is 39.7 Å². The zero-order valence-corrected chi connectivity index (χ0v) is 14.4. The molecule has 0 spiro atoms. The summed E-state index contributed by atoms with van der Waals surface area (Å²) in [6.07, 6.45) is 2.11. The lowest BCUT2D eigenvalue weighted by atomic mass is 10.1. The molecule has 1 N–H and O–H groups in total. The SMILES string of the molecule is CC(=O)Nc1cccc(OC(=O)c2cc(C3CC3)nc3onc(C)c23)c1. The number of benzene rings is 1. The van der Waals surface area contributed by atoms with Crippen LogP contribution in [0.2, 0.25) is 0 Å². The van der Waals surface area contributed by atoms with Crippen molar-refractivity contribution in [2.45, 2.75) is 32.6 Å². The summed E-state index contributed by atoms with van der Waals surface area (Å²) in [6.45, 7) is 3.18. The van der Waals surface area contributed by atoms with E-state index in [2.05, 4.69) is 15.5 Å². The van der Waals surface area contributed by atoms with E-state index in [0.717, 1.165) is 18.5 Å². The summed E-state index contributed by atoms with van der Waals surface area (Å²) in [5.74, 6) is -0.00296. The molecule has 0 aliphatic heterocycles. The molecule has 1 aliphatic rings. The number of esters is 1. The largest absolute Gasteiger partial charge is 0.423 e. The van der Waals surface area contributed by atoms with Crippen molar-refractivity contribution in [1.82, 2.24) is 10.1 Å². The van der Waals surface area contributed by atoms with Crippen LogP contribution in [0.4, 0.5) is 5.69 Å². The van der Waals surface area contributed by atoms with Gasteiger partial charge in [0.15, 0.2) is 0 Å². The lowest BCUT2D eigenvalue weighted by Crippen LogP contribution is -2.11. The Hall–Kier alpha value is -3.22. The average molecular weight is 351 g/mol. The van der Waals surface area contributed by atoms with Crippen LogP contribution in [0.15, 0.2) is 34.9 Å². The number of hydrogen-bond donors (Lipinski definition) is 1. The van der Waals surface area contributed by atoms with Gasteiger partial charge in [-0.15, -0.1) is 0 Å². The van der Waals surface area contributed by atoms with Crippen molar-refractivity contribution < 1.29 is 18.8 Å². The van der Waals surface area contributed by atoms with Gasteiger partial charge < -0.3 is 14.6 Å². The summed E-state index contributed by atoms with van der Waals surface area (Å²) in [5, 5.41) is 7.15. The first-order chi connectivity index (χ1) is 12.5. The number of anilines is 1. The number of nitrogens with one attached hydrogen (secondary N) is 1. The second kappa shape index (κ2) is 6.25. The Morgan fingerprint density at radius 3 is 2.81 bits per heavy atom. The molecular weight excluding hydrogens is 334 g/mol. The fourth-order valence-electron chi connectivity index (χ4n) is 2.87. The van der Waals surface area contributed by atoms with Gasteiger partial charge in [0.1, 0.15) is 5.75 Å². The first-order valence-corrected chi connectivity index (χ1v) is 8.38. The molecule has 0 atom stereocenters. The Kier molecular flexibility index (Phi) is 3.91. The Bertz CT molecular complexity index is 1020. The Balaban J connectivity index is 1.68. The molecule has 7 heteroatoms. The molecule has 2 heterocycles. The third-order valence-electron chi connectivity index (χ3n) is 4.22. The molecule has 4 rings (SSSR count). The minimum atomic E-state index is -0.509. The molecule has 0 radical (unpaired) electrons.